The van der Waals surface area contributed by atoms with Crippen LogP contribution in [0.1, 0.15) is 45.9 Å². The van der Waals surface area contributed by atoms with E-state index >= 15 is 0 Å². The van der Waals surface area contributed by atoms with E-state index in [9.17, 15) is 13.6 Å². The van der Waals surface area contributed by atoms with Crippen LogP contribution in [0.5, 0.6) is 0 Å². The summed E-state index contributed by atoms with van der Waals surface area (Å²) in [5, 5.41) is 18.7. The lowest BCUT2D eigenvalue weighted by Gasteiger charge is -2.38. The molecule has 1 atom stereocenters. The molecule has 7 rings (SSSR count). The van der Waals surface area contributed by atoms with Crippen LogP contribution in [0, 0.1) is 13.8 Å². The van der Waals surface area contributed by atoms with Crippen LogP contribution in [0.15, 0.2) is 71.3 Å². The fourth-order valence-corrected chi connectivity index (χ4v) is 5.80. The monoisotopic (exact) mass is 610 g/mol. The Morgan fingerprint density at radius 3 is 2.49 bits per heavy atom. The van der Waals surface area contributed by atoms with Gasteiger partial charge in [-0.2, -0.15) is 13.9 Å². The first-order valence-electron chi connectivity index (χ1n) is 14.4. The van der Waals surface area contributed by atoms with Gasteiger partial charge in [0.15, 0.2) is 11.4 Å². The molecule has 5 heterocycles. The normalized spacial score (nSPS) is 14.8. The van der Waals surface area contributed by atoms with Crippen LogP contribution in [0.25, 0.3) is 33.7 Å². The molecule has 6 aromatic rings. The number of fused-ring (bicyclic) bond motifs is 1. The molecule has 0 saturated carbocycles. The van der Waals surface area contributed by atoms with E-state index in [0.717, 1.165) is 28.1 Å². The van der Waals surface area contributed by atoms with E-state index in [-0.39, 0.29) is 17.4 Å². The Labute approximate surface area is 255 Å². The summed E-state index contributed by atoms with van der Waals surface area (Å²) in [4.78, 5) is 26.7. The number of oxazole rings is 1. The number of nitrogens with zero attached hydrogens (tertiary/aromatic N) is 9. The fraction of sp³-hybridized carbons (Fsp3) is 0.258. The van der Waals surface area contributed by atoms with Crippen molar-refractivity contribution in [3.63, 3.8) is 0 Å². The smallest absolute Gasteiger partial charge is 0.350 e. The molecule has 2 aromatic carbocycles. The number of H-pyrrole nitrogens is 1. The Morgan fingerprint density at radius 1 is 0.978 bits per heavy atom. The number of alkyl halides is 2. The minimum absolute atomic E-state index is 0.177. The zero-order valence-electron chi connectivity index (χ0n) is 24.4. The van der Waals surface area contributed by atoms with E-state index in [1.165, 1.54) is 0 Å². The van der Waals surface area contributed by atoms with E-state index in [1.54, 1.807) is 23.2 Å². The second kappa shape index (κ2) is 11.6. The summed E-state index contributed by atoms with van der Waals surface area (Å²) in [5.41, 5.74) is 6.97. The van der Waals surface area contributed by atoms with Crippen LogP contribution in [-0.2, 0) is 0 Å². The van der Waals surface area contributed by atoms with Crippen LogP contribution in [0.2, 0.25) is 0 Å². The van der Waals surface area contributed by atoms with Gasteiger partial charge in [-0.05, 0) is 54.5 Å². The van der Waals surface area contributed by atoms with Crippen molar-refractivity contribution < 1.29 is 18.0 Å². The molecule has 1 N–H and O–H groups in total. The molecule has 1 amide bonds. The highest BCUT2D eigenvalue weighted by Gasteiger charge is 2.32. The number of aromatic nitrogens is 8. The number of nitrogens with one attached hydrogen (secondary N) is 1. The number of halogens is 2. The molecule has 1 aliphatic heterocycles. The average Bonchev–Trinajstić information content (AvgIpc) is 3.80. The maximum atomic E-state index is 13.6. The highest BCUT2D eigenvalue weighted by atomic mass is 19.3. The van der Waals surface area contributed by atoms with E-state index in [2.05, 4.69) is 35.5 Å². The van der Waals surface area contributed by atoms with Gasteiger partial charge in [0.1, 0.15) is 11.2 Å². The number of piperazine rings is 1. The molecule has 1 aliphatic rings. The average molecular weight is 611 g/mol. The topological polar surface area (TPSA) is 135 Å². The highest BCUT2D eigenvalue weighted by Crippen LogP contribution is 2.32. The summed E-state index contributed by atoms with van der Waals surface area (Å²) in [5.74, 6) is 0.342. The molecule has 45 heavy (non-hydrogen) atoms. The highest BCUT2D eigenvalue weighted by molar-refractivity contribution is 5.93. The van der Waals surface area contributed by atoms with Crippen molar-refractivity contribution in [3.05, 3.63) is 95.3 Å². The second-order valence-electron chi connectivity index (χ2n) is 10.8. The van der Waals surface area contributed by atoms with Gasteiger partial charge in [0.25, 0.3) is 5.91 Å². The minimum Gasteiger partial charge on any atom is -0.436 e. The van der Waals surface area contributed by atoms with Gasteiger partial charge in [-0.3, -0.25) is 19.8 Å². The molecule has 228 valence electrons. The molecule has 0 bridgehead atoms. The summed E-state index contributed by atoms with van der Waals surface area (Å²) < 4.78 is 32.4. The molecule has 1 fully saturated rings. The number of hydrogen-bond donors (Lipinski definition) is 1. The van der Waals surface area contributed by atoms with Gasteiger partial charge in [-0.15, -0.1) is 10.2 Å². The largest absolute Gasteiger partial charge is 0.436 e. The molecule has 12 nitrogen and oxygen atoms in total. The van der Waals surface area contributed by atoms with E-state index in [4.69, 9.17) is 9.40 Å². The van der Waals surface area contributed by atoms with Crippen LogP contribution in [-0.4, -0.2) is 82.3 Å². The summed E-state index contributed by atoms with van der Waals surface area (Å²) in [7, 11) is 0. The minimum atomic E-state index is -2.89. The third kappa shape index (κ3) is 5.44. The van der Waals surface area contributed by atoms with Crippen molar-refractivity contribution >= 4 is 17.0 Å². The number of pyridine rings is 1. The van der Waals surface area contributed by atoms with E-state index in [0.29, 0.717) is 53.5 Å². The fourth-order valence-electron chi connectivity index (χ4n) is 5.80. The molecule has 1 saturated heterocycles. The quantitative estimate of drug-likeness (QED) is 0.270. The molecule has 0 aliphatic carbocycles. The third-order valence-electron chi connectivity index (χ3n) is 7.98. The van der Waals surface area contributed by atoms with E-state index < -0.39 is 12.6 Å². The molecular formula is C31H28F2N10O2. The summed E-state index contributed by atoms with van der Waals surface area (Å²) in [6.07, 6.45) is 1.57. The van der Waals surface area contributed by atoms with E-state index in [1.807, 2.05) is 62.4 Å². The predicted molar refractivity (Wildman–Crippen MR) is 159 cm³/mol. The lowest BCUT2D eigenvalue weighted by atomic mass is 10.0. The summed E-state index contributed by atoms with van der Waals surface area (Å²) >= 11 is 0. The van der Waals surface area contributed by atoms with Crippen molar-refractivity contribution in [3.8, 4) is 22.6 Å². The number of tetrazole rings is 1. The number of aryl methyl sites for hydroxylation is 2. The van der Waals surface area contributed by atoms with Crippen molar-refractivity contribution in [1.82, 2.24) is 50.2 Å². The Hall–Kier alpha value is -5.37. The Kier molecular flexibility index (Phi) is 7.33. The molecule has 0 spiro atoms. The Morgan fingerprint density at radius 2 is 1.78 bits per heavy atom. The number of aromatic amines is 1. The first-order valence-corrected chi connectivity index (χ1v) is 14.4. The number of rotatable bonds is 7. The molecule has 0 unspecified atom stereocenters. The van der Waals surface area contributed by atoms with Crippen LogP contribution in [0.3, 0.4) is 0 Å². The maximum Gasteiger partial charge on any atom is 0.350 e. The van der Waals surface area contributed by atoms with Crippen LogP contribution in [0.4, 0.5) is 8.78 Å². The lowest BCUT2D eigenvalue weighted by molar-refractivity contribution is 0.0385. The zero-order chi connectivity index (χ0) is 31.1. The lowest BCUT2D eigenvalue weighted by Crippen LogP contribution is -2.50. The second-order valence-corrected chi connectivity index (χ2v) is 10.8. The standard InChI is InChI=1S/C31H28F2N10O2/c1-18-26(19(2)37-36-18)21-8-9-25-23(16-21)35-29(45-25)22-10-11-34-24(17-22)30(44)42-14-12-41(13-15-42)27(20-6-4-3-5-7-20)28-38-40-43(39-28)31(32)33/h3-11,16-17,27,31H,12-15H2,1-2H3,(H,36,37)/t27-/m0/s1. The molecule has 0 radical (unpaired) electrons. The van der Waals surface area contributed by atoms with Crippen molar-refractivity contribution in [2.24, 2.45) is 0 Å². The van der Waals surface area contributed by atoms with Crippen LogP contribution >= 0.6 is 0 Å². The van der Waals surface area contributed by atoms with Crippen molar-refractivity contribution in [2.75, 3.05) is 26.2 Å². The van der Waals surface area contributed by atoms with Gasteiger partial charge in [0, 0.05) is 49.2 Å². The van der Waals surface area contributed by atoms with Gasteiger partial charge in [-0.1, -0.05) is 41.2 Å². The number of hydrogen-bond acceptors (Lipinski definition) is 9. The van der Waals surface area contributed by atoms with Gasteiger partial charge in [-0.25, -0.2) is 4.98 Å². The Bertz CT molecular complexity index is 1960. The van der Waals surface area contributed by atoms with Crippen LogP contribution < -0.4 is 0 Å². The third-order valence-corrected chi connectivity index (χ3v) is 7.98. The van der Waals surface area contributed by atoms with Gasteiger partial charge < -0.3 is 9.32 Å². The molecule has 4 aromatic heterocycles. The van der Waals surface area contributed by atoms with Gasteiger partial charge >= 0.3 is 6.55 Å². The Balaban J connectivity index is 1.08. The van der Waals surface area contributed by atoms with Crippen molar-refractivity contribution in [1.29, 1.82) is 0 Å². The summed E-state index contributed by atoms with van der Waals surface area (Å²) in [6.45, 7) is 2.78. The summed E-state index contributed by atoms with van der Waals surface area (Å²) in [6, 6.07) is 18.2. The number of amides is 1. The van der Waals surface area contributed by atoms with Gasteiger partial charge in [0.2, 0.25) is 5.89 Å². The predicted octanol–water partition coefficient (Wildman–Crippen LogP) is 4.83. The van der Waals surface area contributed by atoms with Gasteiger partial charge in [0.05, 0.1) is 11.7 Å². The number of carbonyl (C=O) groups is 1. The zero-order valence-corrected chi connectivity index (χ0v) is 24.4. The first-order chi connectivity index (χ1) is 21.9. The molecular weight excluding hydrogens is 582 g/mol. The first kappa shape index (κ1) is 28.4. The number of benzene rings is 2. The SMILES string of the molecule is Cc1n[nH]c(C)c1-c1ccc2oc(-c3ccnc(C(=O)N4CCN([C@@H](c5ccccc5)c5nnn(C(F)F)n5)CC4)c3)nc2c1. The maximum absolute atomic E-state index is 13.6. The number of carbonyl (C=O) groups excluding carboxylic acids is 1. The molecule has 14 heteroatoms. The van der Waals surface area contributed by atoms with Crippen molar-refractivity contribution in [2.45, 2.75) is 26.4 Å².